The van der Waals surface area contributed by atoms with Crippen molar-refractivity contribution in [2.24, 2.45) is 0 Å². The number of ether oxygens (including phenoxy) is 2. The van der Waals surface area contributed by atoms with Crippen LogP contribution in [0.4, 0.5) is 0 Å². The maximum Gasteiger partial charge on any atom is 0.270 e. The lowest BCUT2D eigenvalue weighted by Crippen LogP contribution is -2.25. The summed E-state index contributed by atoms with van der Waals surface area (Å²) in [7, 11) is 1.63. The van der Waals surface area contributed by atoms with Gasteiger partial charge < -0.3 is 14.8 Å². The van der Waals surface area contributed by atoms with Crippen LogP contribution in [0, 0.1) is 0 Å². The van der Waals surface area contributed by atoms with Gasteiger partial charge in [0.15, 0.2) is 11.4 Å². The summed E-state index contributed by atoms with van der Waals surface area (Å²) >= 11 is 0. The number of amides is 1. The van der Waals surface area contributed by atoms with E-state index in [4.69, 9.17) is 9.47 Å². The fraction of sp³-hybridized carbons (Fsp3) is 0.300. The first-order valence-electron chi connectivity index (χ1n) is 8.71. The van der Waals surface area contributed by atoms with Crippen LogP contribution >= 0.6 is 0 Å². The topological polar surface area (TPSA) is 64.9 Å². The van der Waals surface area contributed by atoms with Crippen molar-refractivity contribution < 1.29 is 14.3 Å². The molecule has 6 heteroatoms. The van der Waals surface area contributed by atoms with Crippen LogP contribution in [0.3, 0.4) is 0 Å². The Morgan fingerprint density at radius 1 is 1.19 bits per heavy atom. The molecule has 0 atom stereocenters. The first-order valence-corrected chi connectivity index (χ1v) is 8.71. The minimum atomic E-state index is -0.154. The smallest absolute Gasteiger partial charge is 0.270 e. The summed E-state index contributed by atoms with van der Waals surface area (Å²) in [5.41, 5.74) is 2.98. The van der Waals surface area contributed by atoms with E-state index in [9.17, 15) is 4.79 Å². The number of pyridine rings is 1. The second-order valence-corrected chi connectivity index (χ2v) is 5.79. The molecule has 0 aliphatic rings. The van der Waals surface area contributed by atoms with Gasteiger partial charge in [0.1, 0.15) is 11.4 Å². The SMILES string of the molecule is CCOc1cccn2c(C(=O)NCc3ccc(OC)cc3)c(CC)nc12. The number of methoxy groups -OCH3 is 1. The Labute approximate surface area is 152 Å². The monoisotopic (exact) mass is 353 g/mol. The van der Waals surface area contributed by atoms with Gasteiger partial charge in [-0.15, -0.1) is 0 Å². The van der Waals surface area contributed by atoms with Crippen molar-refractivity contribution in [2.75, 3.05) is 13.7 Å². The van der Waals surface area contributed by atoms with Gasteiger partial charge in [-0.05, 0) is 43.2 Å². The molecule has 0 fully saturated rings. The van der Waals surface area contributed by atoms with Crippen LogP contribution in [0.15, 0.2) is 42.6 Å². The van der Waals surface area contributed by atoms with Gasteiger partial charge in [-0.3, -0.25) is 9.20 Å². The number of imidazole rings is 1. The molecule has 0 aliphatic carbocycles. The molecule has 0 saturated carbocycles. The van der Waals surface area contributed by atoms with Crippen molar-refractivity contribution in [1.29, 1.82) is 0 Å². The standard InChI is InChI=1S/C20H23N3O3/c1-4-16-18(23-12-6-7-17(26-5-2)19(23)22-16)20(24)21-13-14-8-10-15(25-3)11-9-14/h6-12H,4-5,13H2,1-3H3,(H,21,24). The van der Waals surface area contributed by atoms with E-state index in [2.05, 4.69) is 10.3 Å². The number of rotatable bonds is 7. The zero-order chi connectivity index (χ0) is 18.5. The lowest BCUT2D eigenvalue weighted by Gasteiger charge is -2.08. The number of nitrogens with one attached hydrogen (secondary N) is 1. The average Bonchev–Trinajstić information content (AvgIpc) is 3.06. The molecule has 3 rings (SSSR count). The summed E-state index contributed by atoms with van der Waals surface area (Å²) < 4.78 is 12.6. The summed E-state index contributed by atoms with van der Waals surface area (Å²) in [6.45, 7) is 4.90. The number of aromatic nitrogens is 2. The van der Waals surface area contributed by atoms with Gasteiger partial charge in [0.05, 0.1) is 19.4 Å². The van der Waals surface area contributed by atoms with E-state index in [1.165, 1.54) is 0 Å². The first-order chi connectivity index (χ1) is 12.7. The predicted octanol–water partition coefficient (Wildman–Crippen LogP) is 3.23. The zero-order valence-corrected chi connectivity index (χ0v) is 15.3. The molecule has 0 unspecified atom stereocenters. The van der Waals surface area contributed by atoms with Crippen LogP contribution in [-0.4, -0.2) is 29.0 Å². The van der Waals surface area contributed by atoms with Gasteiger partial charge in [0, 0.05) is 12.7 Å². The molecular formula is C20H23N3O3. The summed E-state index contributed by atoms with van der Waals surface area (Å²) in [5, 5.41) is 2.98. The molecule has 1 aromatic carbocycles. The fourth-order valence-electron chi connectivity index (χ4n) is 2.85. The summed E-state index contributed by atoms with van der Waals surface area (Å²) in [6.07, 6.45) is 2.50. The lowest BCUT2D eigenvalue weighted by atomic mass is 10.2. The summed E-state index contributed by atoms with van der Waals surface area (Å²) in [6, 6.07) is 11.3. The van der Waals surface area contributed by atoms with Crippen LogP contribution in [0.1, 0.15) is 35.6 Å². The average molecular weight is 353 g/mol. The van der Waals surface area contributed by atoms with E-state index >= 15 is 0 Å². The highest BCUT2D eigenvalue weighted by molar-refractivity contribution is 5.95. The summed E-state index contributed by atoms with van der Waals surface area (Å²) in [5.74, 6) is 1.32. The quantitative estimate of drug-likeness (QED) is 0.708. The largest absolute Gasteiger partial charge is 0.497 e. The molecule has 6 nitrogen and oxygen atoms in total. The highest BCUT2D eigenvalue weighted by Crippen LogP contribution is 2.23. The second-order valence-electron chi connectivity index (χ2n) is 5.79. The molecule has 136 valence electrons. The third kappa shape index (κ3) is 3.49. The molecule has 3 aromatic rings. The lowest BCUT2D eigenvalue weighted by molar-refractivity contribution is 0.0944. The molecule has 2 heterocycles. The first kappa shape index (κ1) is 17.8. The van der Waals surface area contributed by atoms with Gasteiger partial charge in [0.25, 0.3) is 5.91 Å². The number of carbonyl (C=O) groups is 1. The van der Waals surface area contributed by atoms with Crippen molar-refractivity contribution in [1.82, 2.24) is 14.7 Å². The number of benzene rings is 1. The Bertz CT molecular complexity index is 901. The van der Waals surface area contributed by atoms with Crippen LogP contribution in [0.2, 0.25) is 0 Å². The summed E-state index contributed by atoms with van der Waals surface area (Å²) in [4.78, 5) is 17.4. The molecular weight excluding hydrogens is 330 g/mol. The number of nitrogens with zero attached hydrogens (tertiary/aromatic N) is 2. The van der Waals surface area contributed by atoms with Crippen molar-refractivity contribution in [3.8, 4) is 11.5 Å². The van der Waals surface area contributed by atoms with Gasteiger partial charge in [0.2, 0.25) is 0 Å². The third-order valence-electron chi connectivity index (χ3n) is 4.15. The molecule has 1 N–H and O–H groups in total. The van der Waals surface area contributed by atoms with E-state index < -0.39 is 0 Å². The van der Waals surface area contributed by atoms with Crippen molar-refractivity contribution in [3.63, 3.8) is 0 Å². The highest BCUT2D eigenvalue weighted by Gasteiger charge is 2.20. The van der Waals surface area contributed by atoms with E-state index in [1.807, 2.05) is 56.4 Å². The fourth-order valence-corrected chi connectivity index (χ4v) is 2.85. The predicted molar refractivity (Wildman–Crippen MR) is 99.9 cm³/mol. The van der Waals surface area contributed by atoms with Crippen molar-refractivity contribution >= 4 is 11.6 Å². The highest BCUT2D eigenvalue weighted by atomic mass is 16.5. The van der Waals surface area contributed by atoms with Crippen molar-refractivity contribution in [3.05, 3.63) is 59.5 Å². The Morgan fingerprint density at radius 2 is 1.96 bits per heavy atom. The molecule has 26 heavy (non-hydrogen) atoms. The second kappa shape index (κ2) is 7.91. The Balaban J connectivity index is 1.85. The van der Waals surface area contributed by atoms with E-state index in [-0.39, 0.29) is 5.91 Å². The Hall–Kier alpha value is -3.02. The van der Waals surface area contributed by atoms with E-state index in [0.29, 0.717) is 36.7 Å². The third-order valence-corrected chi connectivity index (χ3v) is 4.15. The van der Waals surface area contributed by atoms with Crippen LogP contribution in [-0.2, 0) is 13.0 Å². The number of fused-ring (bicyclic) bond motifs is 1. The molecule has 1 amide bonds. The molecule has 0 saturated heterocycles. The van der Waals surface area contributed by atoms with E-state index in [0.717, 1.165) is 17.0 Å². The minimum Gasteiger partial charge on any atom is -0.497 e. The van der Waals surface area contributed by atoms with Gasteiger partial charge in [-0.2, -0.15) is 0 Å². The minimum absolute atomic E-state index is 0.154. The maximum absolute atomic E-state index is 12.8. The Morgan fingerprint density at radius 3 is 2.62 bits per heavy atom. The maximum atomic E-state index is 12.8. The zero-order valence-electron chi connectivity index (χ0n) is 15.3. The number of carbonyl (C=O) groups excluding carboxylic acids is 1. The van der Waals surface area contributed by atoms with E-state index in [1.54, 1.807) is 11.5 Å². The number of hydrogen-bond acceptors (Lipinski definition) is 4. The molecule has 0 spiro atoms. The molecule has 0 aliphatic heterocycles. The van der Waals surface area contributed by atoms with Crippen molar-refractivity contribution in [2.45, 2.75) is 26.8 Å². The van der Waals surface area contributed by atoms with Gasteiger partial charge >= 0.3 is 0 Å². The molecule has 2 aromatic heterocycles. The van der Waals surface area contributed by atoms with Crippen LogP contribution < -0.4 is 14.8 Å². The number of hydrogen-bond donors (Lipinski definition) is 1. The molecule has 0 bridgehead atoms. The Kier molecular flexibility index (Phi) is 5.41. The van der Waals surface area contributed by atoms with Gasteiger partial charge in [-0.25, -0.2) is 4.98 Å². The van der Waals surface area contributed by atoms with Gasteiger partial charge in [-0.1, -0.05) is 19.1 Å². The molecule has 0 radical (unpaired) electrons. The number of aryl methyl sites for hydroxylation is 1. The van der Waals surface area contributed by atoms with Crippen LogP contribution in [0.5, 0.6) is 11.5 Å². The van der Waals surface area contributed by atoms with Crippen LogP contribution in [0.25, 0.3) is 5.65 Å². The normalized spacial score (nSPS) is 10.7.